The van der Waals surface area contributed by atoms with Crippen LogP contribution in [0.3, 0.4) is 0 Å². The molecule has 0 bridgehead atoms. The lowest BCUT2D eigenvalue weighted by molar-refractivity contribution is -0.140. The third-order valence-electron chi connectivity index (χ3n) is 0.778. The van der Waals surface area contributed by atoms with Crippen LogP contribution >= 0.6 is 0 Å². The number of aliphatic hydroxyl groups is 1. The van der Waals surface area contributed by atoms with Gasteiger partial charge in [-0.15, -0.1) is 0 Å². The molecule has 0 aromatic carbocycles. The standard InChI is InChI=1S/C4H7NO5/c6-1-2(3(7)8)5-4(9)10/h2,5-6H,1H2,(H,7,8)(H,9,10)/t2-/m1/s1. The van der Waals surface area contributed by atoms with Crippen molar-refractivity contribution < 1.29 is 24.9 Å². The summed E-state index contributed by atoms with van der Waals surface area (Å²) in [6.07, 6.45) is -1.47. The van der Waals surface area contributed by atoms with E-state index in [0.717, 1.165) is 0 Å². The summed E-state index contributed by atoms with van der Waals surface area (Å²) in [6.45, 7) is -0.748. The van der Waals surface area contributed by atoms with Crippen LogP contribution in [0.2, 0.25) is 0 Å². The Labute approximate surface area is 56.1 Å². The second-order valence-electron chi connectivity index (χ2n) is 1.52. The highest BCUT2D eigenvalue weighted by Crippen LogP contribution is 1.80. The molecule has 0 heterocycles. The van der Waals surface area contributed by atoms with Gasteiger partial charge in [-0.1, -0.05) is 0 Å². The predicted molar refractivity (Wildman–Crippen MR) is 29.7 cm³/mol. The third kappa shape index (κ3) is 2.88. The van der Waals surface area contributed by atoms with E-state index in [-0.39, 0.29) is 0 Å². The zero-order valence-corrected chi connectivity index (χ0v) is 4.94. The van der Waals surface area contributed by atoms with Crippen LogP contribution in [0, 0.1) is 0 Å². The van der Waals surface area contributed by atoms with E-state index in [4.69, 9.17) is 15.3 Å². The van der Waals surface area contributed by atoms with Crippen molar-refractivity contribution in [1.29, 1.82) is 0 Å². The lowest BCUT2D eigenvalue weighted by Crippen LogP contribution is -2.42. The topological polar surface area (TPSA) is 107 Å². The van der Waals surface area contributed by atoms with Gasteiger partial charge in [-0.3, -0.25) is 0 Å². The minimum Gasteiger partial charge on any atom is -0.480 e. The van der Waals surface area contributed by atoms with Gasteiger partial charge in [0.1, 0.15) is 0 Å². The number of hydrogen-bond donors (Lipinski definition) is 4. The van der Waals surface area contributed by atoms with Gasteiger partial charge in [0.25, 0.3) is 0 Å². The SMILES string of the molecule is O=C(O)N[C@H](CO)C(=O)O. The average molecular weight is 149 g/mol. The van der Waals surface area contributed by atoms with Gasteiger partial charge in [0.2, 0.25) is 0 Å². The Hall–Kier alpha value is -1.30. The van der Waals surface area contributed by atoms with Crippen molar-refractivity contribution in [2.75, 3.05) is 6.61 Å². The number of aliphatic carboxylic acids is 1. The molecule has 0 aliphatic carbocycles. The highest BCUT2D eigenvalue weighted by molar-refractivity contribution is 5.79. The van der Waals surface area contributed by atoms with Crippen LogP contribution in [0.25, 0.3) is 0 Å². The first-order chi connectivity index (χ1) is 4.57. The smallest absolute Gasteiger partial charge is 0.405 e. The number of amides is 1. The zero-order chi connectivity index (χ0) is 8.15. The normalized spacial score (nSPS) is 12.1. The molecule has 0 saturated carbocycles. The lowest BCUT2D eigenvalue weighted by atomic mass is 10.3. The van der Waals surface area contributed by atoms with E-state index in [2.05, 4.69) is 0 Å². The number of aliphatic hydroxyl groups excluding tert-OH is 1. The quantitative estimate of drug-likeness (QED) is 0.399. The van der Waals surface area contributed by atoms with Crippen LogP contribution in [0.1, 0.15) is 0 Å². The summed E-state index contributed by atoms with van der Waals surface area (Å²) < 4.78 is 0. The van der Waals surface area contributed by atoms with Gasteiger partial charge >= 0.3 is 12.1 Å². The van der Waals surface area contributed by atoms with Gasteiger partial charge in [0.05, 0.1) is 6.61 Å². The molecule has 0 aromatic rings. The van der Waals surface area contributed by atoms with Crippen molar-refractivity contribution in [3.8, 4) is 0 Å². The van der Waals surface area contributed by atoms with Gasteiger partial charge in [-0.05, 0) is 0 Å². The van der Waals surface area contributed by atoms with Crippen molar-refractivity contribution in [1.82, 2.24) is 5.32 Å². The molecule has 0 spiro atoms. The molecular formula is C4H7NO5. The van der Waals surface area contributed by atoms with Gasteiger partial charge in [-0.25, -0.2) is 9.59 Å². The summed E-state index contributed by atoms with van der Waals surface area (Å²) in [5, 5.41) is 25.9. The van der Waals surface area contributed by atoms with Crippen LogP contribution < -0.4 is 5.32 Å². The molecule has 0 aliphatic heterocycles. The summed E-state index contributed by atoms with van der Waals surface area (Å²) >= 11 is 0. The van der Waals surface area contributed by atoms with Crippen molar-refractivity contribution in [3.63, 3.8) is 0 Å². The summed E-state index contributed by atoms with van der Waals surface area (Å²) in [5.41, 5.74) is 0. The minimum absolute atomic E-state index is 0.748. The molecule has 4 N–H and O–H groups in total. The molecule has 0 fully saturated rings. The maximum atomic E-state index is 9.98. The van der Waals surface area contributed by atoms with Crippen molar-refractivity contribution >= 4 is 12.1 Å². The number of carbonyl (C=O) groups is 2. The van der Waals surface area contributed by atoms with Gasteiger partial charge < -0.3 is 20.6 Å². The Kier molecular flexibility index (Phi) is 3.20. The number of rotatable bonds is 3. The maximum absolute atomic E-state index is 9.98. The first kappa shape index (κ1) is 8.70. The first-order valence-corrected chi connectivity index (χ1v) is 2.41. The molecule has 0 radical (unpaired) electrons. The highest BCUT2D eigenvalue weighted by Gasteiger charge is 2.17. The number of nitrogens with one attached hydrogen (secondary N) is 1. The molecule has 0 rings (SSSR count). The summed E-state index contributed by atoms with van der Waals surface area (Å²) in [7, 11) is 0. The second kappa shape index (κ2) is 3.67. The number of carboxylic acid groups (broad SMARTS) is 2. The summed E-state index contributed by atoms with van der Waals surface area (Å²) in [4.78, 5) is 19.8. The fourth-order valence-corrected chi connectivity index (χ4v) is 0.335. The third-order valence-corrected chi connectivity index (χ3v) is 0.778. The van der Waals surface area contributed by atoms with Crippen LogP contribution in [0.15, 0.2) is 0 Å². The van der Waals surface area contributed by atoms with E-state index in [1.54, 1.807) is 5.32 Å². The average Bonchev–Trinajstić information content (AvgIpc) is 1.81. The maximum Gasteiger partial charge on any atom is 0.405 e. The largest absolute Gasteiger partial charge is 0.480 e. The van der Waals surface area contributed by atoms with Crippen LogP contribution in [-0.2, 0) is 4.79 Å². The predicted octanol–water partition coefficient (Wildman–Crippen LogP) is -1.30. The summed E-state index contributed by atoms with van der Waals surface area (Å²) in [5.74, 6) is -1.40. The Balaban J connectivity index is 3.83. The molecule has 10 heavy (non-hydrogen) atoms. The van der Waals surface area contributed by atoms with Crippen LogP contribution in [-0.4, -0.2) is 40.0 Å². The highest BCUT2D eigenvalue weighted by atomic mass is 16.4. The van der Waals surface area contributed by atoms with E-state index in [1.807, 2.05) is 0 Å². The zero-order valence-electron chi connectivity index (χ0n) is 4.94. The fourth-order valence-electron chi connectivity index (χ4n) is 0.335. The Bertz CT molecular complexity index is 145. The van der Waals surface area contributed by atoms with E-state index in [1.165, 1.54) is 0 Å². The minimum atomic E-state index is -1.47. The van der Waals surface area contributed by atoms with Crippen molar-refractivity contribution in [2.45, 2.75) is 6.04 Å². The molecule has 1 amide bonds. The summed E-state index contributed by atoms with van der Waals surface area (Å²) in [6, 6.07) is -1.43. The van der Waals surface area contributed by atoms with E-state index < -0.39 is 24.7 Å². The lowest BCUT2D eigenvalue weighted by Gasteiger charge is -2.06. The first-order valence-electron chi connectivity index (χ1n) is 2.41. The molecule has 58 valence electrons. The molecule has 6 nitrogen and oxygen atoms in total. The fraction of sp³-hybridized carbons (Fsp3) is 0.500. The molecule has 0 saturated heterocycles. The van der Waals surface area contributed by atoms with Gasteiger partial charge in [0.15, 0.2) is 6.04 Å². The van der Waals surface area contributed by atoms with Crippen molar-refractivity contribution in [3.05, 3.63) is 0 Å². The Morgan fingerprint density at radius 3 is 2.00 bits per heavy atom. The second-order valence-corrected chi connectivity index (χ2v) is 1.52. The molecule has 6 heteroatoms. The Morgan fingerprint density at radius 1 is 1.40 bits per heavy atom. The van der Waals surface area contributed by atoms with E-state index in [0.29, 0.717) is 0 Å². The van der Waals surface area contributed by atoms with Crippen LogP contribution in [0.5, 0.6) is 0 Å². The molecule has 0 aliphatic rings. The van der Waals surface area contributed by atoms with E-state index >= 15 is 0 Å². The van der Waals surface area contributed by atoms with Crippen molar-refractivity contribution in [2.24, 2.45) is 0 Å². The molecular weight excluding hydrogens is 142 g/mol. The van der Waals surface area contributed by atoms with Gasteiger partial charge in [-0.2, -0.15) is 0 Å². The Morgan fingerprint density at radius 2 is 1.90 bits per heavy atom. The van der Waals surface area contributed by atoms with Crippen LogP contribution in [0.4, 0.5) is 4.79 Å². The number of carboxylic acids is 1. The molecule has 1 atom stereocenters. The number of hydrogen-bond acceptors (Lipinski definition) is 3. The van der Waals surface area contributed by atoms with E-state index in [9.17, 15) is 9.59 Å². The molecule has 0 unspecified atom stereocenters. The monoisotopic (exact) mass is 149 g/mol. The van der Waals surface area contributed by atoms with Gasteiger partial charge in [0, 0.05) is 0 Å². The molecule has 0 aromatic heterocycles.